The van der Waals surface area contributed by atoms with Gasteiger partial charge in [-0.05, 0) is 30.7 Å². The number of hydrogen-bond donors (Lipinski definition) is 1. The average Bonchev–Trinajstić information content (AvgIpc) is 2.89. The third kappa shape index (κ3) is 3.85. The standard InChI is InChI=1S/C15H19N3O2/c1-3-8-20-15(19)13-4-6-14(7-5-13)16-9-12-10-17-18(2)11-12/h4-7,10-11,16H,3,8-9H2,1-2H3. The van der Waals surface area contributed by atoms with Gasteiger partial charge in [-0.2, -0.15) is 5.10 Å². The lowest BCUT2D eigenvalue weighted by atomic mass is 10.2. The summed E-state index contributed by atoms with van der Waals surface area (Å²) in [5.41, 5.74) is 2.64. The van der Waals surface area contributed by atoms with Crippen molar-refractivity contribution in [3.63, 3.8) is 0 Å². The van der Waals surface area contributed by atoms with Gasteiger partial charge >= 0.3 is 5.97 Å². The van der Waals surface area contributed by atoms with Crippen LogP contribution < -0.4 is 5.32 Å². The fourth-order valence-corrected chi connectivity index (χ4v) is 1.77. The predicted molar refractivity (Wildman–Crippen MR) is 77.6 cm³/mol. The number of ether oxygens (including phenoxy) is 1. The Morgan fingerprint density at radius 2 is 2.10 bits per heavy atom. The number of esters is 1. The molecule has 1 N–H and O–H groups in total. The Hall–Kier alpha value is -2.30. The van der Waals surface area contributed by atoms with Crippen LogP contribution in [0, 0.1) is 0 Å². The van der Waals surface area contributed by atoms with Crippen LogP contribution in [-0.2, 0) is 18.3 Å². The maximum Gasteiger partial charge on any atom is 0.338 e. The van der Waals surface area contributed by atoms with Gasteiger partial charge < -0.3 is 10.1 Å². The summed E-state index contributed by atoms with van der Waals surface area (Å²) in [7, 11) is 1.89. The summed E-state index contributed by atoms with van der Waals surface area (Å²) in [6.45, 7) is 3.13. The van der Waals surface area contributed by atoms with Gasteiger partial charge in [-0.25, -0.2) is 4.79 Å². The summed E-state index contributed by atoms with van der Waals surface area (Å²) in [6.07, 6.45) is 4.61. The molecule has 0 aliphatic rings. The van der Waals surface area contributed by atoms with Gasteiger partial charge in [0.15, 0.2) is 0 Å². The van der Waals surface area contributed by atoms with Crippen molar-refractivity contribution >= 4 is 11.7 Å². The van der Waals surface area contributed by atoms with E-state index in [1.54, 1.807) is 16.8 Å². The number of carbonyl (C=O) groups excluding carboxylic acids is 1. The minimum Gasteiger partial charge on any atom is -0.462 e. The molecule has 0 saturated heterocycles. The van der Waals surface area contributed by atoms with Crippen molar-refractivity contribution in [3.8, 4) is 0 Å². The molecule has 0 amide bonds. The van der Waals surface area contributed by atoms with Crippen LogP contribution in [0.2, 0.25) is 0 Å². The van der Waals surface area contributed by atoms with Gasteiger partial charge in [0.05, 0.1) is 18.4 Å². The Balaban J connectivity index is 1.89. The van der Waals surface area contributed by atoms with Gasteiger partial charge in [-0.15, -0.1) is 0 Å². The Labute approximate surface area is 118 Å². The molecule has 2 rings (SSSR count). The van der Waals surface area contributed by atoms with Crippen molar-refractivity contribution in [2.24, 2.45) is 7.05 Å². The maximum absolute atomic E-state index is 11.6. The Kier molecular flexibility index (Phi) is 4.76. The fourth-order valence-electron chi connectivity index (χ4n) is 1.77. The molecule has 0 bridgehead atoms. The third-order valence-electron chi connectivity index (χ3n) is 2.81. The number of benzene rings is 1. The molecule has 2 aromatic rings. The van der Waals surface area contributed by atoms with Crippen LogP contribution in [0.3, 0.4) is 0 Å². The lowest BCUT2D eigenvalue weighted by Gasteiger charge is -2.06. The third-order valence-corrected chi connectivity index (χ3v) is 2.81. The number of nitrogens with one attached hydrogen (secondary N) is 1. The number of nitrogens with zero attached hydrogens (tertiary/aromatic N) is 2. The number of anilines is 1. The van der Waals surface area contributed by atoms with E-state index in [1.165, 1.54) is 0 Å². The molecule has 1 aromatic carbocycles. The molecular formula is C15H19N3O2. The average molecular weight is 273 g/mol. The highest BCUT2D eigenvalue weighted by Gasteiger charge is 2.06. The van der Waals surface area contributed by atoms with Crippen LogP contribution in [0.15, 0.2) is 36.7 Å². The first kappa shape index (κ1) is 14.1. The van der Waals surface area contributed by atoms with Gasteiger partial charge in [0.25, 0.3) is 0 Å². The van der Waals surface area contributed by atoms with Gasteiger partial charge in [0, 0.05) is 31.0 Å². The van der Waals surface area contributed by atoms with Gasteiger partial charge in [-0.1, -0.05) is 6.92 Å². The van der Waals surface area contributed by atoms with Crippen molar-refractivity contribution in [2.75, 3.05) is 11.9 Å². The van der Waals surface area contributed by atoms with E-state index in [4.69, 9.17) is 4.74 Å². The Bertz CT molecular complexity index is 561. The number of rotatable bonds is 6. The van der Waals surface area contributed by atoms with Crippen LogP contribution >= 0.6 is 0 Å². The largest absolute Gasteiger partial charge is 0.462 e. The van der Waals surface area contributed by atoms with Gasteiger partial charge in [0.2, 0.25) is 0 Å². The minimum absolute atomic E-state index is 0.273. The second-order valence-corrected chi connectivity index (χ2v) is 4.59. The summed E-state index contributed by atoms with van der Waals surface area (Å²) in [4.78, 5) is 11.6. The highest BCUT2D eigenvalue weighted by molar-refractivity contribution is 5.89. The highest BCUT2D eigenvalue weighted by atomic mass is 16.5. The zero-order chi connectivity index (χ0) is 14.4. The summed E-state index contributed by atoms with van der Waals surface area (Å²) in [5.74, 6) is -0.273. The molecule has 5 nitrogen and oxygen atoms in total. The minimum atomic E-state index is -0.273. The van der Waals surface area contributed by atoms with E-state index < -0.39 is 0 Å². The van der Waals surface area contributed by atoms with Crippen LogP contribution in [-0.4, -0.2) is 22.4 Å². The molecule has 0 spiro atoms. The first-order valence-corrected chi connectivity index (χ1v) is 6.67. The predicted octanol–water partition coefficient (Wildman–Crippen LogP) is 2.60. The van der Waals surface area contributed by atoms with E-state index in [-0.39, 0.29) is 5.97 Å². The summed E-state index contributed by atoms with van der Waals surface area (Å²) in [6, 6.07) is 7.28. The number of carbonyl (C=O) groups is 1. The molecule has 1 heterocycles. The number of hydrogen-bond acceptors (Lipinski definition) is 4. The normalized spacial score (nSPS) is 10.3. The van der Waals surface area contributed by atoms with Crippen molar-refractivity contribution in [3.05, 3.63) is 47.8 Å². The molecule has 20 heavy (non-hydrogen) atoms. The van der Waals surface area contributed by atoms with E-state index >= 15 is 0 Å². The summed E-state index contributed by atoms with van der Waals surface area (Å²) >= 11 is 0. The van der Waals surface area contributed by atoms with Gasteiger partial charge in [-0.3, -0.25) is 4.68 Å². The fraction of sp³-hybridized carbons (Fsp3) is 0.333. The Morgan fingerprint density at radius 1 is 1.35 bits per heavy atom. The zero-order valence-corrected chi connectivity index (χ0v) is 11.8. The first-order valence-electron chi connectivity index (χ1n) is 6.67. The van der Waals surface area contributed by atoms with Crippen LogP contribution in [0.4, 0.5) is 5.69 Å². The van der Waals surface area contributed by atoms with E-state index in [9.17, 15) is 4.79 Å². The molecule has 0 saturated carbocycles. The SMILES string of the molecule is CCCOC(=O)c1ccc(NCc2cnn(C)c2)cc1. The van der Waals surface area contributed by atoms with E-state index in [1.807, 2.05) is 38.5 Å². The smallest absolute Gasteiger partial charge is 0.338 e. The lowest BCUT2D eigenvalue weighted by molar-refractivity contribution is 0.0505. The molecule has 0 radical (unpaired) electrons. The second kappa shape index (κ2) is 6.75. The van der Waals surface area contributed by atoms with Crippen molar-refractivity contribution in [2.45, 2.75) is 19.9 Å². The van der Waals surface area contributed by atoms with Crippen LogP contribution in [0.5, 0.6) is 0 Å². The second-order valence-electron chi connectivity index (χ2n) is 4.59. The van der Waals surface area contributed by atoms with Crippen molar-refractivity contribution in [1.29, 1.82) is 0 Å². The van der Waals surface area contributed by atoms with Crippen molar-refractivity contribution in [1.82, 2.24) is 9.78 Å². The van der Waals surface area contributed by atoms with E-state index in [0.717, 1.165) is 17.7 Å². The van der Waals surface area contributed by atoms with Gasteiger partial charge in [0.1, 0.15) is 0 Å². The molecular weight excluding hydrogens is 254 g/mol. The van der Waals surface area contributed by atoms with E-state index in [0.29, 0.717) is 18.7 Å². The zero-order valence-electron chi connectivity index (χ0n) is 11.8. The Morgan fingerprint density at radius 3 is 2.70 bits per heavy atom. The molecule has 0 aliphatic heterocycles. The first-order chi connectivity index (χ1) is 9.69. The summed E-state index contributed by atoms with van der Waals surface area (Å²) < 4.78 is 6.85. The molecule has 0 fully saturated rings. The maximum atomic E-state index is 11.6. The molecule has 106 valence electrons. The summed E-state index contributed by atoms with van der Waals surface area (Å²) in [5, 5.41) is 7.39. The molecule has 0 unspecified atom stereocenters. The number of aryl methyl sites for hydroxylation is 1. The van der Waals surface area contributed by atoms with Crippen LogP contribution in [0.1, 0.15) is 29.3 Å². The molecule has 0 aliphatic carbocycles. The van der Waals surface area contributed by atoms with Crippen molar-refractivity contribution < 1.29 is 9.53 Å². The van der Waals surface area contributed by atoms with Crippen LogP contribution in [0.25, 0.3) is 0 Å². The highest BCUT2D eigenvalue weighted by Crippen LogP contribution is 2.12. The quantitative estimate of drug-likeness (QED) is 0.822. The number of aromatic nitrogens is 2. The molecule has 1 aromatic heterocycles. The molecule has 5 heteroatoms. The van der Waals surface area contributed by atoms with E-state index in [2.05, 4.69) is 10.4 Å². The molecule has 0 atom stereocenters. The topological polar surface area (TPSA) is 56.1 Å². The lowest BCUT2D eigenvalue weighted by Crippen LogP contribution is -2.06. The monoisotopic (exact) mass is 273 g/mol.